The molecular formula is C7H15N3O2. The molecule has 0 unspecified atom stereocenters. The van der Waals surface area contributed by atoms with Gasteiger partial charge in [-0.05, 0) is 12.8 Å². The number of rotatable bonds is 4. The minimum atomic E-state index is 0.189. The van der Waals surface area contributed by atoms with E-state index in [1.807, 2.05) is 4.90 Å². The molecule has 0 saturated heterocycles. The molecule has 5 nitrogen and oxygen atoms in total. The third-order valence-corrected chi connectivity index (χ3v) is 1.92. The smallest absolute Gasteiger partial charge is 0.233 e. The number of hydrogen-bond acceptors (Lipinski definition) is 3. The molecule has 3 N–H and O–H groups in total. The van der Waals surface area contributed by atoms with Crippen LogP contribution in [0.1, 0.15) is 12.8 Å². The van der Waals surface area contributed by atoms with Crippen molar-refractivity contribution in [3.63, 3.8) is 0 Å². The van der Waals surface area contributed by atoms with Crippen LogP contribution in [0.4, 0.5) is 0 Å². The molecule has 0 amide bonds. The first-order chi connectivity index (χ1) is 5.79. The molecule has 0 radical (unpaired) electrons. The van der Waals surface area contributed by atoms with Crippen molar-refractivity contribution in [2.75, 3.05) is 20.3 Å². The second-order valence-electron chi connectivity index (χ2n) is 2.88. The lowest BCUT2D eigenvalue weighted by Gasteiger charge is -2.21. The Balaban J connectivity index is 2.37. The summed E-state index contributed by atoms with van der Waals surface area (Å²) in [6.07, 6.45) is 2.25. The lowest BCUT2D eigenvalue weighted by atomic mass is 10.5. The maximum absolute atomic E-state index is 8.46. The SMILES string of the molecule is COCCN(C(N)=NO)C1CC1. The maximum atomic E-state index is 8.46. The van der Waals surface area contributed by atoms with Gasteiger partial charge in [-0.15, -0.1) is 0 Å². The van der Waals surface area contributed by atoms with Gasteiger partial charge in [0.2, 0.25) is 5.96 Å². The first-order valence-electron chi connectivity index (χ1n) is 4.02. The van der Waals surface area contributed by atoms with E-state index in [9.17, 15) is 0 Å². The minimum absolute atomic E-state index is 0.189. The maximum Gasteiger partial charge on any atom is 0.233 e. The van der Waals surface area contributed by atoms with E-state index in [0.29, 0.717) is 19.2 Å². The first-order valence-corrected chi connectivity index (χ1v) is 4.02. The third-order valence-electron chi connectivity index (χ3n) is 1.92. The molecule has 0 aromatic rings. The number of nitrogens with two attached hydrogens (primary N) is 1. The van der Waals surface area contributed by atoms with E-state index in [-0.39, 0.29) is 5.96 Å². The number of oxime groups is 1. The molecule has 1 rings (SSSR count). The van der Waals surface area contributed by atoms with Crippen LogP contribution in [0.15, 0.2) is 5.16 Å². The quantitative estimate of drug-likeness (QED) is 0.267. The molecule has 1 fully saturated rings. The summed E-state index contributed by atoms with van der Waals surface area (Å²) in [5.41, 5.74) is 5.47. The van der Waals surface area contributed by atoms with Crippen LogP contribution in [0.2, 0.25) is 0 Å². The van der Waals surface area contributed by atoms with Crippen molar-refractivity contribution in [2.24, 2.45) is 10.9 Å². The normalized spacial score (nSPS) is 17.9. The topological polar surface area (TPSA) is 71.1 Å². The van der Waals surface area contributed by atoms with Crippen molar-refractivity contribution in [3.05, 3.63) is 0 Å². The van der Waals surface area contributed by atoms with Gasteiger partial charge in [0.05, 0.1) is 6.61 Å². The molecule has 1 saturated carbocycles. The van der Waals surface area contributed by atoms with Crippen LogP contribution in [-0.2, 0) is 4.74 Å². The number of hydrogen-bond donors (Lipinski definition) is 2. The predicted molar refractivity (Wildman–Crippen MR) is 45.0 cm³/mol. The largest absolute Gasteiger partial charge is 0.408 e. The van der Waals surface area contributed by atoms with Crippen LogP contribution in [0.25, 0.3) is 0 Å². The zero-order valence-electron chi connectivity index (χ0n) is 7.23. The molecule has 1 aliphatic rings. The van der Waals surface area contributed by atoms with Gasteiger partial charge in [0.15, 0.2) is 0 Å². The molecular weight excluding hydrogens is 158 g/mol. The lowest BCUT2D eigenvalue weighted by molar-refractivity contribution is 0.171. The van der Waals surface area contributed by atoms with Crippen molar-refractivity contribution in [1.82, 2.24) is 4.90 Å². The third kappa shape index (κ3) is 2.27. The molecule has 70 valence electrons. The van der Waals surface area contributed by atoms with E-state index < -0.39 is 0 Å². The van der Waals surface area contributed by atoms with Crippen LogP contribution in [0.5, 0.6) is 0 Å². The Morgan fingerprint density at radius 3 is 2.83 bits per heavy atom. The summed E-state index contributed by atoms with van der Waals surface area (Å²) in [5.74, 6) is 0.189. The van der Waals surface area contributed by atoms with Gasteiger partial charge in [0.1, 0.15) is 0 Å². The highest BCUT2D eigenvalue weighted by Crippen LogP contribution is 2.26. The number of guanidine groups is 1. The number of ether oxygens (including phenoxy) is 1. The van der Waals surface area contributed by atoms with E-state index >= 15 is 0 Å². The Morgan fingerprint density at radius 2 is 2.42 bits per heavy atom. The minimum Gasteiger partial charge on any atom is -0.408 e. The van der Waals surface area contributed by atoms with Crippen LogP contribution in [0, 0.1) is 0 Å². The highest BCUT2D eigenvalue weighted by Gasteiger charge is 2.30. The average Bonchev–Trinajstić information content (AvgIpc) is 2.88. The summed E-state index contributed by atoms with van der Waals surface area (Å²) in [6, 6.07) is 0.455. The second-order valence-corrected chi connectivity index (χ2v) is 2.88. The highest BCUT2D eigenvalue weighted by atomic mass is 16.5. The monoisotopic (exact) mass is 173 g/mol. The fourth-order valence-corrected chi connectivity index (χ4v) is 1.12. The van der Waals surface area contributed by atoms with Crippen molar-refractivity contribution >= 4 is 5.96 Å². The molecule has 0 aromatic carbocycles. The van der Waals surface area contributed by atoms with Crippen molar-refractivity contribution in [1.29, 1.82) is 0 Å². The van der Waals surface area contributed by atoms with Crippen molar-refractivity contribution in [2.45, 2.75) is 18.9 Å². The molecule has 1 aliphatic carbocycles. The zero-order valence-corrected chi connectivity index (χ0v) is 7.23. The summed E-state index contributed by atoms with van der Waals surface area (Å²) in [4.78, 5) is 1.86. The molecule has 0 bridgehead atoms. The molecule has 0 spiro atoms. The zero-order chi connectivity index (χ0) is 8.97. The Bertz CT molecular complexity index is 168. The molecule has 0 atom stereocenters. The van der Waals surface area contributed by atoms with Gasteiger partial charge in [-0.2, -0.15) is 0 Å². The van der Waals surface area contributed by atoms with E-state index in [1.54, 1.807) is 7.11 Å². The van der Waals surface area contributed by atoms with E-state index in [0.717, 1.165) is 12.8 Å². The van der Waals surface area contributed by atoms with E-state index in [2.05, 4.69) is 5.16 Å². The highest BCUT2D eigenvalue weighted by molar-refractivity contribution is 5.78. The van der Waals surface area contributed by atoms with E-state index in [4.69, 9.17) is 15.7 Å². The molecule has 12 heavy (non-hydrogen) atoms. The fourth-order valence-electron chi connectivity index (χ4n) is 1.12. The van der Waals surface area contributed by atoms with Gasteiger partial charge in [-0.3, -0.25) is 0 Å². The summed E-state index contributed by atoms with van der Waals surface area (Å²) in [7, 11) is 1.64. The fraction of sp³-hybridized carbons (Fsp3) is 0.857. The Labute approximate surface area is 71.8 Å². The standard InChI is InChI=1S/C7H15N3O2/c1-12-5-4-10(6-2-3-6)7(8)9-11/h6,11H,2-5H2,1H3,(H2,8,9). The van der Waals surface area contributed by atoms with Crippen LogP contribution >= 0.6 is 0 Å². The first kappa shape index (κ1) is 9.12. The Morgan fingerprint density at radius 1 is 1.75 bits per heavy atom. The summed E-state index contributed by atoms with van der Waals surface area (Å²) in [6.45, 7) is 1.30. The van der Waals surface area contributed by atoms with Gasteiger partial charge in [-0.25, -0.2) is 0 Å². The van der Waals surface area contributed by atoms with Crippen LogP contribution in [0.3, 0.4) is 0 Å². The van der Waals surface area contributed by atoms with Gasteiger partial charge in [0.25, 0.3) is 0 Å². The van der Waals surface area contributed by atoms with Gasteiger partial charge in [0, 0.05) is 19.7 Å². The van der Waals surface area contributed by atoms with Gasteiger partial charge < -0.3 is 20.6 Å². The molecule has 0 aromatic heterocycles. The lowest BCUT2D eigenvalue weighted by Crippen LogP contribution is -2.41. The summed E-state index contributed by atoms with van der Waals surface area (Å²) in [5, 5.41) is 11.4. The molecule has 0 aliphatic heterocycles. The van der Waals surface area contributed by atoms with Crippen molar-refractivity contribution < 1.29 is 9.94 Å². The predicted octanol–water partition coefficient (Wildman–Crippen LogP) is -0.199. The molecule has 5 heteroatoms. The van der Waals surface area contributed by atoms with Gasteiger partial charge in [-0.1, -0.05) is 5.16 Å². The summed E-state index contributed by atoms with van der Waals surface area (Å²) < 4.78 is 4.91. The number of methoxy groups -OCH3 is 1. The van der Waals surface area contributed by atoms with Crippen molar-refractivity contribution in [3.8, 4) is 0 Å². The average molecular weight is 173 g/mol. The Hall–Kier alpha value is -0.970. The van der Waals surface area contributed by atoms with Crippen LogP contribution < -0.4 is 5.73 Å². The summed E-state index contributed by atoms with van der Waals surface area (Å²) >= 11 is 0. The van der Waals surface area contributed by atoms with E-state index in [1.165, 1.54) is 0 Å². The van der Waals surface area contributed by atoms with Crippen LogP contribution in [-0.4, -0.2) is 42.4 Å². The van der Waals surface area contributed by atoms with Gasteiger partial charge >= 0.3 is 0 Å². The Kier molecular flexibility index (Phi) is 3.16. The molecule has 0 heterocycles. The second kappa shape index (κ2) is 4.15. The number of nitrogens with zero attached hydrogens (tertiary/aromatic N) is 2.